The second-order valence-electron chi connectivity index (χ2n) is 5.91. The molecule has 0 heterocycles. The Morgan fingerprint density at radius 2 is 1.80 bits per heavy atom. The first-order valence-electron chi connectivity index (χ1n) is 8.38. The van der Waals surface area contributed by atoms with Crippen LogP contribution < -0.4 is 15.8 Å². The molecule has 0 saturated carbocycles. The summed E-state index contributed by atoms with van der Waals surface area (Å²) in [7, 11) is -3.94. The number of benzene rings is 2. The number of ether oxygens (including phenoxy) is 1. The summed E-state index contributed by atoms with van der Waals surface area (Å²) in [6.45, 7) is -0.856. The first-order chi connectivity index (χ1) is 14.1. The van der Waals surface area contributed by atoms with Gasteiger partial charge in [-0.15, -0.1) is 0 Å². The highest BCUT2D eigenvalue weighted by Gasteiger charge is 2.14. The molecule has 0 unspecified atom stereocenters. The van der Waals surface area contributed by atoms with Crippen LogP contribution in [0, 0.1) is 11.6 Å². The number of rotatable bonds is 8. The van der Waals surface area contributed by atoms with Crippen molar-refractivity contribution in [3.8, 4) is 0 Å². The molecule has 0 aromatic heterocycles. The molecule has 2 amide bonds. The highest BCUT2D eigenvalue weighted by molar-refractivity contribution is 7.89. The van der Waals surface area contributed by atoms with Crippen LogP contribution in [0.25, 0.3) is 0 Å². The fourth-order valence-electron chi connectivity index (χ4n) is 2.21. The molecule has 160 valence electrons. The second-order valence-corrected chi connectivity index (χ2v) is 7.47. The molecule has 0 radical (unpaired) electrons. The maximum Gasteiger partial charge on any atom is 0.308 e. The van der Waals surface area contributed by atoms with Gasteiger partial charge in [-0.3, -0.25) is 14.4 Å². The summed E-state index contributed by atoms with van der Waals surface area (Å²) < 4.78 is 53.6. The van der Waals surface area contributed by atoms with Crippen molar-refractivity contribution in [3.63, 3.8) is 0 Å². The van der Waals surface area contributed by atoms with Crippen LogP contribution in [0.1, 0.15) is 16.8 Å². The summed E-state index contributed by atoms with van der Waals surface area (Å²) in [4.78, 5) is 35.0. The van der Waals surface area contributed by atoms with Gasteiger partial charge in [0.1, 0.15) is 11.6 Å². The van der Waals surface area contributed by atoms with Gasteiger partial charge in [-0.05, 0) is 30.3 Å². The van der Waals surface area contributed by atoms with Gasteiger partial charge >= 0.3 is 5.97 Å². The first kappa shape index (κ1) is 22.9. The van der Waals surface area contributed by atoms with Gasteiger partial charge in [0.2, 0.25) is 10.0 Å². The molecule has 0 aliphatic carbocycles. The zero-order valence-corrected chi connectivity index (χ0v) is 16.2. The molecule has 30 heavy (non-hydrogen) atoms. The van der Waals surface area contributed by atoms with Gasteiger partial charge in [0, 0.05) is 18.3 Å². The third-order valence-corrected chi connectivity index (χ3v) is 4.51. The Labute approximate surface area is 170 Å². The fraction of sp³-hybridized carbons (Fsp3) is 0.167. The van der Waals surface area contributed by atoms with E-state index >= 15 is 0 Å². The molecular formula is C18H17F2N3O6S. The first-order valence-corrected chi connectivity index (χ1v) is 9.92. The quantitative estimate of drug-likeness (QED) is 0.520. The highest BCUT2D eigenvalue weighted by atomic mass is 32.2. The molecule has 0 bridgehead atoms. The van der Waals surface area contributed by atoms with Crippen LogP contribution in [0.2, 0.25) is 0 Å². The van der Waals surface area contributed by atoms with E-state index in [4.69, 9.17) is 9.88 Å². The van der Waals surface area contributed by atoms with Crippen molar-refractivity contribution in [2.45, 2.75) is 11.3 Å². The molecule has 0 fully saturated rings. The normalized spacial score (nSPS) is 10.9. The van der Waals surface area contributed by atoms with Crippen LogP contribution in [0.4, 0.5) is 14.5 Å². The Hall–Kier alpha value is -3.38. The number of amides is 2. The number of carbonyl (C=O) groups is 3. The number of sulfonamides is 1. The molecule has 12 heteroatoms. The maximum atomic E-state index is 13.5. The minimum atomic E-state index is -3.94. The van der Waals surface area contributed by atoms with E-state index in [1.54, 1.807) is 0 Å². The van der Waals surface area contributed by atoms with Crippen LogP contribution in [0.3, 0.4) is 0 Å². The lowest BCUT2D eigenvalue weighted by molar-refractivity contribution is -0.147. The summed E-state index contributed by atoms with van der Waals surface area (Å²) in [6.07, 6.45) is -0.303. The molecule has 2 aromatic rings. The Balaban J connectivity index is 1.75. The number of primary sulfonamides is 1. The number of nitrogens with one attached hydrogen (secondary N) is 2. The van der Waals surface area contributed by atoms with Crippen molar-refractivity contribution in [2.24, 2.45) is 5.14 Å². The lowest BCUT2D eigenvalue weighted by atomic mass is 10.2. The summed E-state index contributed by atoms with van der Waals surface area (Å²) >= 11 is 0. The van der Waals surface area contributed by atoms with Gasteiger partial charge in [-0.1, -0.05) is 6.07 Å². The molecule has 0 saturated heterocycles. The van der Waals surface area contributed by atoms with E-state index in [2.05, 4.69) is 10.6 Å². The van der Waals surface area contributed by atoms with Gasteiger partial charge in [0.15, 0.2) is 6.61 Å². The van der Waals surface area contributed by atoms with Gasteiger partial charge in [-0.2, -0.15) is 0 Å². The Kier molecular flexibility index (Phi) is 7.55. The van der Waals surface area contributed by atoms with E-state index in [9.17, 15) is 31.6 Å². The van der Waals surface area contributed by atoms with Crippen LogP contribution in [-0.4, -0.2) is 39.4 Å². The van der Waals surface area contributed by atoms with E-state index in [0.717, 1.165) is 18.2 Å². The van der Waals surface area contributed by atoms with Crippen LogP contribution in [0.5, 0.6) is 0 Å². The zero-order chi connectivity index (χ0) is 22.3. The van der Waals surface area contributed by atoms with Crippen LogP contribution >= 0.6 is 0 Å². The van der Waals surface area contributed by atoms with Crippen LogP contribution in [0.15, 0.2) is 47.4 Å². The SMILES string of the molecule is NS(=O)(=O)c1cccc(NC(=O)COC(=O)CCNC(=O)c2ccc(F)cc2F)c1. The maximum absolute atomic E-state index is 13.5. The van der Waals surface area contributed by atoms with E-state index in [1.165, 1.54) is 18.2 Å². The zero-order valence-electron chi connectivity index (χ0n) is 15.4. The fourth-order valence-corrected chi connectivity index (χ4v) is 2.77. The number of halogens is 2. The third-order valence-electron chi connectivity index (χ3n) is 3.60. The van der Waals surface area contributed by atoms with Crippen molar-refractivity contribution >= 4 is 33.5 Å². The minimum Gasteiger partial charge on any atom is -0.456 e. The van der Waals surface area contributed by atoms with Crippen molar-refractivity contribution < 1.29 is 36.3 Å². The van der Waals surface area contributed by atoms with E-state index in [-0.39, 0.29) is 29.1 Å². The molecule has 2 rings (SSSR count). The molecule has 9 nitrogen and oxygen atoms in total. The molecule has 0 atom stereocenters. The molecule has 2 aromatic carbocycles. The predicted molar refractivity (Wildman–Crippen MR) is 101 cm³/mol. The van der Waals surface area contributed by atoms with Crippen molar-refractivity contribution in [1.29, 1.82) is 0 Å². The lowest BCUT2D eigenvalue weighted by Crippen LogP contribution is -2.28. The van der Waals surface area contributed by atoms with Gasteiger partial charge in [0.25, 0.3) is 11.8 Å². The number of nitrogens with two attached hydrogens (primary N) is 1. The molecule has 4 N–H and O–H groups in total. The van der Waals surface area contributed by atoms with Gasteiger partial charge in [-0.25, -0.2) is 22.3 Å². The molecule has 0 aliphatic heterocycles. The van der Waals surface area contributed by atoms with Gasteiger partial charge in [0.05, 0.1) is 16.9 Å². The Bertz CT molecular complexity index is 1080. The number of esters is 1. The number of carbonyl (C=O) groups excluding carboxylic acids is 3. The molecule has 0 spiro atoms. The molecular weight excluding hydrogens is 424 g/mol. The topological polar surface area (TPSA) is 145 Å². The second kappa shape index (κ2) is 9.89. The summed E-state index contributed by atoms with van der Waals surface area (Å²) in [5.74, 6) is -4.26. The summed E-state index contributed by atoms with van der Waals surface area (Å²) in [5, 5.41) is 9.60. The van der Waals surface area contributed by atoms with Crippen molar-refractivity contribution in [3.05, 3.63) is 59.7 Å². The predicted octanol–water partition coefficient (Wildman–Crippen LogP) is 0.914. The number of anilines is 1. The van der Waals surface area contributed by atoms with E-state index in [0.29, 0.717) is 6.07 Å². The highest BCUT2D eigenvalue weighted by Crippen LogP contribution is 2.14. The summed E-state index contributed by atoms with van der Waals surface area (Å²) in [5.41, 5.74) is -0.248. The van der Waals surface area contributed by atoms with Gasteiger partial charge < -0.3 is 15.4 Å². The van der Waals surface area contributed by atoms with E-state index in [1.807, 2.05) is 0 Å². The average molecular weight is 441 g/mol. The number of hydrogen-bond donors (Lipinski definition) is 3. The molecule has 0 aliphatic rings. The standard InChI is InChI=1S/C18H17F2N3O6S/c19-11-4-5-14(15(20)8-11)18(26)22-7-6-17(25)29-10-16(24)23-12-2-1-3-13(9-12)30(21,27)28/h1-5,8-9H,6-7,10H2,(H,22,26)(H,23,24)(H2,21,27,28). The smallest absolute Gasteiger partial charge is 0.308 e. The van der Waals surface area contributed by atoms with Crippen LogP contribution in [-0.2, 0) is 24.3 Å². The Morgan fingerprint density at radius 1 is 1.07 bits per heavy atom. The van der Waals surface area contributed by atoms with E-state index < -0.39 is 46.0 Å². The summed E-state index contributed by atoms with van der Waals surface area (Å²) in [6, 6.07) is 7.61. The van der Waals surface area contributed by atoms with Crippen molar-refractivity contribution in [2.75, 3.05) is 18.5 Å². The monoisotopic (exact) mass is 441 g/mol. The Morgan fingerprint density at radius 3 is 2.47 bits per heavy atom. The number of hydrogen-bond acceptors (Lipinski definition) is 6. The lowest BCUT2D eigenvalue weighted by Gasteiger charge is -2.08. The average Bonchev–Trinajstić information content (AvgIpc) is 2.66. The largest absolute Gasteiger partial charge is 0.456 e. The third kappa shape index (κ3) is 6.90. The minimum absolute atomic E-state index is 0.135. The van der Waals surface area contributed by atoms with Crippen molar-refractivity contribution in [1.82, 2.24) is 5.32 Å².